The average Bonchev–Trinajstić information content (AvgIpc) is 2.73. The van der Waals surface area contributed by atoms with Crippen molar-refractivity contribution < 1.29 is 24.1 Å². The third-order valence-corrected chi connectivity index (χ3v) is 11.2. The highest BCUT2D eigenvalue weighted by Crippen LogP contribution is 2.37. The number of hydrogen-bond acceptors (Lipinski definition) is 6. The second-order valence-electron chi connectivity index (χ2n) is 8.72. The molecule has 1 fully saturated rings. The number of methoxy groups -OCH3 is 1. The predicted molar refractivity (Wildman–Crippen MR) is 124 cm³/mol. The van der Waals surface area contributed by atoms with Crippen molar-refractivity contribution >= 4 is 31.3 Å². The van der Waals surface area contributed by atoms with E-state index in [2.05, 4.69) is 57.7 Å². The summed E-state index contributed by atoms with van der Waals surface area (Å²) >= 11 is 4.40. The normalized spacial score (nSPS) is 27.8. The molecule has 0 aliphatic carbocycles. The van der Waals surface area contributed by atoms with Crippen LogP contribution < -0.4 is 10.4 Å². The van der Waals surface area contributed by atoms with Gasteiger partial charge in [0.05, 0.1) is 6.61 Å². The molecule has 2 aromatic rings. The Morgan fingerprint density at radius 3 is 1.87 bits per heavy atom. The fraction of sp³-hybridized carbons (Fsp3) is 0.478. The van der Waals surface area contributed by atoms with Crippen LogP contribution in [0.5, 0.6) is 0 Å². The molecule has 7 heteroatoms. The Bertz CT molecular complexity index is 759. The number of ether oxygens (including phenoxy) is 2. The Labute approximate surface area is 185 Å². The van der Waals surface area contributed by atoms with Crippen molar-refractivity contribution in [3.05, 3.63) is 60.7 Å². The fourth-order valence-electron chi connectivity index (χ4n) is 4.28. The Morgan fingerprint density at radius 2 is 1.43 bits per heavy atom. The van der Waals surface area contributed by atoms with Crippen LogP contribution in [0.3, 0.4) is 0 Å². The molecule has 164 valence electrons. The summed E-state index contributed by atoms with van der Waals surface area (Å²) in [5.41, 5.74) is -0.652. The van der Waals surface area contributed by atoms with E-state index in [0.717, 1.165) is 10.4 Å². The molecule has 0 bridgehead atoms. The molecule has 0 spiro atoms. The fourth-order valence-corrected chi connectivity index (χ4v) is 9.31. The molecule has 2 aromatic carbocycles. The van der Waals surface area contributed by atoms with Gasteiger partial charge in [-0.05, 0) is 15.4 Å². The Hall–Kier alpha value is -1.19. The van der Waals surface area contributed by atoms with E-state index in [4.69, 9.17) is 13.9 Å². The SMILES string of the molecule is CO[C@@H]1[C@@H](O)[C@@H](O)[C@@H](CO[Si](c2ccccc2)(c2ccccc2)C(C)(C)C)O[C@H]1S. The van der Waals surface area contributed by atoms with E-state index in [1.165, 1.54) is 7.11 Å². The molecule has 3 rings (SSSR count). The lowest BCUT2D eigenvalue weighted by molar-refractivity contribution is -0.210. The van der Waals surface area contributed by atoms with Crippen molar-refractivity contribution in [1.29, 1.82) is 0 Å². The third-order valence-electron chi connectivity index (χ3n) is 5.82. The lowest BCUT2D eigenvalue weighted by Crippen LogP contribution is -2.68. The van der Waals surface area contributed by atoms with Crippen LogP contribution in [0.1, 0.15) is 20.8 Å². The van der Waals surface area contributed by atoms with Crippen LogP contribution >= 0.6 is 12.6 Å². The van der Waals surface area contributed by atoms with E-state index in [1.807, 2.05) is 36.4 Å². The first kappa shape index (κ1) is 23.5. The summed E-state index contributed by atoms with van der Waals surface area (Å²) in [6.07, 6.45) is -3.64. The topological polar surface area (TPSA) is 68.2 Å². The quantitative estimate of drug-likeness (QED) is 0.466. The number of aliphatic hydroxyl groups excluding tert-OH is 2. The van der Waals surface area contributed by atoms with Crippen LogP contribution in [-0.2, 0) is 13.9 Å². The van der Waals surface area contributed by atoms with Crippen LogP contribution in [0, 0.1) is 0 Å². The van der Waals surface area contributed by atoms with Gasteiger partial charge in [-0.2, -0.15) is 0 Å². The van der Waals surface area contributed by atoms with E-state index in [0.29, 0.717) is 0 Å². The lowest BCUT2D eigenvalue weighted by Gasteiger charge is -2.45. The minimum absolute atomic E-state index is 0.138. The number of rotatable bonds is 6. The molecule has 1 aliphatic heterocycles. The number of thiol groups is 1. The predicted octanol–water partition coefficient (Wildman–Crippen LogP) is 1.95. The highest BCUT2D eigenvalue weighted by molar-refractivity contribution is 7.80. The first-order valence-electron chi connectivity index (χ1n) is 10.2. The van der Waals surface area contributed by atoms with Crippen molar-refractivity contribution in [2.75, 3.05) is 13.7 Å². The average molecular weight is 449 g/mol. The molecule has 30 heavy (non-hydrogen) atoms. The summed E-state index contributed by atoms with van der Waals surface area (Å²) in [6, 6.07) is 20.5. The van der Waals surface area contributed by atoms with Crippen molar-refractivity contribution in [1.82, 2.24) is 0 Å². The second-order valence-corrected chi connectivity index (χ2v) is 13.5. The van der Waals surface area contributed by atoms with Crippen molar-refractivity contribution in [2.24, 2.45) is 0 Å². The van der Waals surface area contributed by atoms with Gasteiger partial charge < -0.3 is 24.1 Å². The van der Waals surface area contributed by atoms with Gasteiger partial charge in [-0.25, -0.2) is 0 Å². The summed E-state index contributed by atoms with van der Waals surface area (Å²) in [6.45, 7) is 6.71. The number of aliphatic hydroxyl groups is 2. The number of hydrogen-bond donors (Lipinski definition) is 3. The van der Waals surface area contributed by atoms with Gasteiger partial charge in [0, 0.05) is 7.11 Å². The van der Waals surface area contributed by atoms with E-state index in [-0.39, 0.29) is 11.6 Å². The molecule has 5 atom stereocenters. The lowest BCUT2D eigenvalue weighted by atomic mass is 10.0. The smallest absolute Gasteiger partial charge is 0.261 e. The van der Waals surface area contributed by atoms with E-state index in [1.54, 1.807) is 0 Å². The van der Waals surface area contributed by atoms with Crippen molar-refractivity contribution in [2.45, 2.75) is 55.7 Å². The first-order chi connectivity index (χ1) is 14.2. The van der Waals surface area contributed by atoms with Crippen LogP contribution in [0.4, 0.5) is 0 Å². The van der Waals surface area contributed by atoms with E-state index in [9.17, 15) is 10.2 Å². The molecule has 1 heterocycles. The minimum Gasteiger partial charge on any atom is -0.405 e. The zero-order valence-electron chi connectivity index (χ0n) is 17.9. The van der Waals surface area contributed by atoms with Gasteiger partial charge in [0.2, 0.25) is 0 Å². The summed E-state index contributed by atoms with van der Waals surface area (Å²) in [5.74, 6) is 0. The van der Waals surface area contributed by atoms with Gasteiger partial charge in [0.1, 0.15) is 29.9 Å². The molecule has 0 radical (unpaired) electrons. The maximum absolute atomic E-state index is 10.6. The standard InChI is InChI=1S/C23H32O5SSi/c1-23(2,3)30(16-11-7-5-8-12-16,17-13-9-6-10-14-17)27-15-18-19(24)20(25)21(26-4)22(29)28-18/h5-14,18-22,24-25,29H,15H2,1-4H3/t18-,19+,20+,21-,22+/m1/s1. The summed E-state index contributed by atoms with van der Waals surface area (Å²) in [4.78, 5) is 0. The van der Waals surface area contributed by atoms with Gasteiger partial charge >= 0.3 is 0 Å². The Morgan fingerprint density at radius 1 is 0.933 bits per heavy atom. The van der Waals surface area contributed by atoms with Crippen molar-refractivity contribution in [3.8, 4) is 0 Å². The summed E-state index contributed by atoms with van der Waals surface area (Å²) in [5, 5.41) is 23.2. The molecular weight excluding hydrogens is 416 g/mol. The zero-order valence-corrected chi connectivity index (χ0v) is 19.8. The maximum atomic E-state index is 10.6. The number of benzene rings is 2. The molecule has 0 unspecified atom stereocenters. The van der Waals surface area contributed by atoms with Gasteiger partial charge in [-0.3, -0.25) is 0 Å². The van der Waals surface area contributed by atoms with Crippen LogP contribution in [-0.4, -0.2) is 62.1 Å². The van der Waals surface area contributed by atoms with Crippen LogP contribution in [0.25, 0.3) is 0 Å². The Kier molecular flexibility index (Phi) is 7.45. The maximum Gasteiger partial charge on any atom is 0.261 e. The first-order valence-corrected chi connectivity index (χ1v) is 12.6. The molecule has 1 saturated heterocycles. The molecule has 2 N–H and O–H groups in total. The molecule has 5 nitrogen and oxygen atoms in total. The monoisotopic (exact) mass is 448 g/mol. The molecular formula is C23H32O5SSi. The van der Waals surface area contributed by atoms with Gasteiger partial charge in [0.15, 0.2) is 0 Å². The highest BCUT2D eigenvalue weighted by Gasteiger charge is 2.52. The van der Waals surface area contributed by atoms with E-state index < -0.39 is 38.2 Å². The largest absolute Gasteiger partial charge is 0.405 e. The molecule has 1 aliphatic rings. The Balaban J connectivity index is 1.98. The van der Waals surface area contributed by atoms with Crippen molar-refractivity contribution in [3.63, 3.8) is 0 Å². The summed E-state index contributed by atoms with van der Waals surface area (Å²) in [7, 11) is -1.30. The highest BCUT2D eigenvalue weighted by atomic mass is 32.1. The van der Waals surface area contributed by atoms with Gasteiger partial charge in [-0.1, -0.05) is 81.4 Å². The van der Waals surface area contributed by atoms with Gasteiger partial charge in [0.25, 0.3) is 8.32 Å². The van der Waals surface area contributed by atoms with Crippen LogP contribution in [0.15, 0.2) is 60.7 Å². The second kappa shape index (κ2) is 9.52. The molecule has 0 aromatic heterocycles. The molecule has 0 amide bonds. The van der Waals surface area contributed by atoms with E-state index >= 15 is 0 Å². The minimum atomic E-state index is -2.76. The van der Waals surface area contributed by atoms with Crippen LogP contribution in [0.2, 0.25) is 5.04 Å². The third kappa shape index (κ3) is 4.39. The molecule has 0 saturated carbocycles. The zero-order chi connectivity index (χ0) is 21.9. The summed E-state index contributed by atoms with van der Waals surface area (Å²) < 4.78 is 17.9. The van der Waals surface area contributed by atoms with Gasteiger partial charge in [-0.15, -0.1) is 12.6 Å².